The molecule has 118 valence electrons. The van der Waals surface area contributed by atoms with E-state index in [2.05, 4.69) is 12.2 Å². The predicted molar refractivity (Wildman–Crippen MR) is 84.7 cm³/mol. The van der Waals surface area contributed by atoms with Crippen LogP contribution in [0.4, 0.5) is 10.1 Å². The van der Waals surface area contributed by atoms with Crippen molar-refractivity contribution in [1.82, 2.24) is 5.32 Å². The molecule has 0 unspecified atom stereocenters. The molecule has 0 radical (unpaired) electrons. The molecule has 1 aromatic rings. The molecule has 3 N–H and O–H groups in total. The molecular weight excluding hydrogens is 269 g/mol. The molecule has 5 heteroatoms. The normalized spacial score (nSPS) is 10.9. The lowest BCUT2D eigenvalue weighted by molar-refractivity contribution is -0.116. The number of primary amides is 1. The Morgan fingerprint density at radius 3 is 2.71 bits per heavy atom. The molecule has 0 aliphatic rings. The molecule has 0 saturated carbocycles. The second-order valence-corrected chi connectivity index (χ2v) is 5.51. The fourth-order valence-corrected chi connectivity index (χ4v) is 2.15. The van der Waals surface area contributed by atoms with Crippen molar-refractivity contribution in [2.75, 3.05) is 18.0 Å². The molecule has 1 aromatic carbocycles. The van der Waals surface area contributed by atoms with Crippen LogP contribution in [-0.4, -0.2) is 25.0 Å². The fraction of sp³-hybridized carbons (Fsp3) is 0.562. The van der Waals surface area contributed by atoms with Gasteiger partial charge in [-0.1, -0.05) is 33.3 Å². The maximum atomic E-state index is 14.1. The molecule has 0 bridgehead atoms. The third kappa shape index (κ3) is 5.71. The molecule has 1 rings (SSSR count). The van der Waals surface area contributed by atoms with E-state index in [1.54, 1.807) is 6.07 Å². The largest absolute Gasteiger partial charge is 0.368 e. The van der Waals surface area contributed by atoms with Crippen molar-refractivity contribution in [1.29, 1.82) is 0 Å². The Kier molecular flexibility index (Phi) is 7.15. The zero-order valence-electron chi connectivity index (χ0n) is 13.2. The summed E-state index contributed by atoms with van der Waals surface area (Å²) in [5, 5.41) is 3.22. The number of anilines is 1. The fourth-order valence-electron chi connectivity index (χ4n) is 2.15. The van der Waals surface area contributed by atoms with Gasteiger partial charge >= 0.3 is 0 Å². The summed E-state index contributed by atoms with van der Waals surface area (Å²) in [7, 11) is 0. The van der Waals surface area contributed by atoms with E-state index >= 15 is 0 Å². The van der Waals surface area contributed by atoms with Gasteiger partial charge in [0.25, 0.3) is 0 Å². The van der Waals surface area contributed by atoms with E-state index in [4.69, 9.17) is 5.73 Å². The van der Waals surface area contributed by atoms with Crippen LogP contribution in [0.3, 0.4) is 0 Å². The van der Waals surface area contributed by atoms with Gasteiger partial charge in [0, 0.05) is 30.4 Å². The first-order chi connectivity index (χ1) is 9.95. The number of unbranched alkanes of at least 4 members (excludes halogenated alkanes) is 1. The van der Waals surface area contributed by atoms with E-state index in [-0.39, 0.29) is 18.4 Å². The summed E-state index contributed by atoms with van der Waals surface area (Å²) >= 11 is 0. The number of hydrogen-bond donors (Lipinski definition) is 2. The Bertz CT molecular complexity index is 463. The zero-order chi connectivity index (χ0) is 15.8. The SMILES string of the molecule is CCCCN(CC(N)=O)c1cccc(F)c1CNC(C)C. The van der Waals surface area contributed by atoms with E-state index < -0.39 is 5.91 Å². The Morgan fingerprint density at radius 1 is 1.43 bits per heavy atom. The summed E-state index contributed by atoms with van der Waals surface area (Å²) in [6.45, 7) is 7.34. The number of nitrogens with zero attached hydrogens (tertiary/aromatic N) is 1. The van der Waals surface area contributed by atoms with Gasteiger partial charge in [0.05, 0.1) is 6.54 Å². The molecule has 0 aliphatic carbocycles. The van der Waals surface area contributed by atoms with Gasteiger partial charge in [0.15, 0.2) is 0 Å². The standard InChI is InChI=1S/C16H26FN3O/c1-4-5-9-20(11-16(18)21)15-8-6-7-14(17)13(15)10-19-12(2)3/h6-8,12,19H,4-5,9-11H2,1-3H3,(H2,18,21). The number of halogens is 1. The van der Waals surface area contributed by atoms with Crippen LogP contribution in [-0.2, 0) is 11.3 Å². The van der Waals surface area contributed by atoms with Gasteiger partial charge in [-0.05, 0) is 18.6 Å². The van der Waals surface area contributed by atoms with Crippen LogP contribution in [0.25, 0.3) is 0 Å². The quantitative estimate of drug-likeness (QED) is 0.735. The van der Waals surface area contributed by atoms with Crippen LogP contribution in [0, 0.1) is 5.82 Å². The van der Waals surface area contributed by atoms with Crippen molar-refractivity contribution in [3.63, 3.8) is 0 Å². The molecule has 0 spiro atoms. The number of nitrogens with one attached hydrogen (secondary N) is 1. The Balaban J connectivity index is 3.04. The van der Waals surface area contributed by atoms with Gasteiger partial charge < -0.3 is 16.0 Å². The summed E-state index contributed by atoms with van der Waals surface area (Å²) in [5.74, 6) is -0.662. The van der Waals surface area contributed by atoms with E-state index in [9.17, 15) is 9.18 Å². The van der Waals surface area contributed by atoms with E-state index in [1.807, 2.05) is 24.8 Å². The maximum Gasteiger partial charge on any atom is 0.236 e. The number of carbonyl (C=O) groups is 1. The van der Waals surface area contributed by atoms with E-state index in [1.165, 1.54) is 6.07 Å². The second kappa shape index (κ2) is 8.62. The highest BCUT2D eigenvalue weighted by Gasteiger charge is 2.16. The summed E-state index contributed by atoms with van der Waals surface area (Å²) < 4.78 is 14.1. The first kappa shape index (κ1) is 17.4. The summed E-state index contributed by atoms with van der Waals surface area (Å²) in [5.41, 5.74) is 6.66. The number of benzene rings is 1. The Morgan fingerprint density at radius 2 is 2.14 bits per heavy atom. The highest BCUT2D eigenvalue weighted by atomic mass is 19.1. The molecule has 0 heterocycles. The van der Waals surface area contributed by atoms with Crippen molar-refractivity contribution in [3.05, 3.63) is 29.6 Å². The average molecular weight is 295 g/mol. The lowest BCUT2D eigenvalue weighted by Crippen LogP contribution is -2.36. The highest BCUT2D eigenvalue weighted by molar-refractivity contribution is 5.80. The monoisotopic (exact) mass is 295 g/mol. The number of carbonyl (C=O) groups excluding carboxylic acids is 1. The number of amides is 1. The molecule has 0 saturated heterocycles. The van der Waals surface area contributed by atoms with Crippen molar-refractivity contribution in [2.24, 2.45) is 5.73 Å². The minimum atomic E-state index is -0.405. The van der Waals surface area contributed by atoms with Crippen LogP contribution in [0.5, 0.6) is 0 Å². The van der Waals surface area contributed by atoms with Gasteiger partial charge in [-0.15, -0.1) is 0 Å². The van der Waals surface area contributed by atoms with Gasteiger partial charge in [-0.2, -0.15) is 0 Å². The summed E-state index contributed by atoms with van der Waals surface area (Å²) in [4.78, 5) is 13.1. The number of nitrogens with two attached hydrogens (primary N) is 1. The highest BCUT2D eigenvalue weighted by Crippen LogP contribution is 2.24. The lowest BCUT2D eigenvalue weighted by atomic mass is 10.1. The summed E-state index contributed by atoms with van der Waals surface area (Å²) in [6, 6.07) is 5.23. The smallest absolute Gasteiger partial charge is 0.236 e. The minimum absolute atomic E-state index is 0.109. The Hall–Kier alpha value is -1.62. The van der Waals surface area contributed by atoms with Crippen LogP contribution < -0.4 is 16.0 Å². The predicted octanol–water partition coefficient (Wildman–Crippen LogP) is 2.42. The lowest BCUT2D eigenvalue weighted by Gasteiger charge is -2.26. The summed E-state index contributed by atoms with van der Waals surface area (Å²) in [6.07, 6.45) is 1.94. The van der Waals surface area contributed by atoms with Crippen molar-refractivity contribution >= 4 is 11.6 Å². The van der Waals surface area contributed by atoms with Crippen LogP contribution in [0.1, 0.15) is 39.2 Å². The Labute approximate surface area is 126 Å². The van der Waals surface area contributed by atoms with Gasteiger partial charge in [-0.3, -0.25) is 4.79 Å². The van der Waals surface area contributed by atoms with Crippen LogP contribution in [0.2, 0.25) is 0 Å². The van der Waals surface area contributed by atoms with Crippen molar-refractivity contribution < 1.29 is 9.18 Å². The van der Waals surface area contributed by atoms with Gasteiger partial charge in [0.2, 0.25) is 5.91 Å². The molecule has 0 aromatic heterocycles. The van der Waals surface area contributed by atoms with E-state index in [0.717, 1.165) is 18.5 Å². The third-order valence-electron chi connectivity index (χ3n) is 3.25. The van der Waals surface area contributed by atoms with E-state index in [0.29, 0.717) is 18.7 Å². The van der Waals surface area contributed by atoms with Crippen molar-refractivity contribution in [3.8, 4) is 0 Å². The van der Waals surface area contributed by atoms with Crippen LogP contribution >= 0.6 is 0 Å². The molecule has 21 heavy (non-hydrogen) atoms. The van der Waals surface area contributed by atoms with Crippen molar-refractivity contribution in [2.45, 2.75) is 46.2 Å². The second-order valence-electron chi connectivity index (χ2n) is 5.51. The number of rotatable bonds is 9. The zero-order valence-corrected chi connectivity index (χ0v) is 13.2. The first-order valence-corrected chi connectivity index (χ1v) is 7.49. The minimum Gasteiger partial charge on any atom is -0.368 e. The number of hydrogen-bond acceptors (Lipinski definition) is 3. The average Bonchev–Trinajstić information content (AvgIpc) is 2.41. The van der Waals surface area contributed by atoms with Gasteiger partial charge in [0.1, 0.15) is 5.82 Å². The first-order valence-electron chi connectivity index (χ1n) is 7.49. The maximum absolute atomic E-state index is 14.1. The topological polar surface area (TPSA) is 58.4 Å². The molecular formula is C16H26FN3O. The molecule has 4 nitrogen and oxygen atoms in total. The van der Waals surface area contributed by atoms with Gasteiger partial charge in [-0.25, -0.2) is 4.39 Å². The van der Waals surface area contributed by atoms with Crippen LogP contribution in [0.15, 0.2) is 18.2 Å². The molecule has 0 atom stereocenters. The third-order valence-corrected chi connectivity index (χ3v) is 3.25. The molecule has 0 aliphatic heterocycles. The molecule has 0 fully saturated rings. The molecule has 1 amide bonds.